The number of esters is 2. The molecule has 1 amide bonds. The van der Waals surface area contributed by atoms with Crippen LogP contribution in [-0.2, 0) is 52.3 Å². The molecule has 350 valence electrons. The van der Waals surface area contributed by atoms with Crippen LogP contribution in [0.2, 0.25) is 0 Å². The maximum atomic E-state index is 13.8. The molecule has 0 spiro atoms. The first kappa shape index (κ1) is 49.5. The normalized spacial score (nSPS) is 41.0. The summed E-state index contributed by atoms with van der Waals surface area (Å²) in [5, 5.41) is 109. The van der Waals surface area contributed by atoms with Crippen molar-refractivity contribution in [3.05, 3.63) is 35.9 Å². The van der Waals surface area contributed by atoms with E-state index in [1.807, 2.05) is 0 Å². The van der Waals surface area contributed by atoms with E-state index in [1.165, 1.54) is 38.3 Å². The summed E-state index contributed by atoms with van der Waals surface area (Å²) in [7, 11) is 1.17. The molecule has 11 N–H and O–H groups in total. The van der Waals surface area contributed by atoms with E-state index in [-0.39, 0.29) is 18.4 Å². The summed E-state index contributed by atoms with van der Waals surface area (Å²) in [6.45, 7) is 2.07. The monoisotopic (exact) mass is 891 g/mol. The van der Waals surface area contributed by atoms with Gasteiger partial charge in [0.05, 0.1) is 62.3 Å². The van der Waals surface area contributed by atoms with E-state index >= 15 is 0 Å². The number of carboxylic acid groups (broad SMARTS) is 1. The quantitative estimate of drug-likeness (QED) is 0.0741. The van der Waals surface area contributed by atoms with Crippen LogP contribution in [0.15, 0.2) is 30.3 Å². The lowest BCUT2D eigenvalue weighted by Crippen LogP contribution is -2.71. The molecular weight excluding hydrogens is 834 g/mol. The molecule has 23 nitrogen and oxygen atoms in total. The van der Waals surface area contributed by atoms with Gasteiger partial charge in [-0.3, -0.25) is 9.59 Å². The van der Waals surface area contributed by atoms with Crippen molar-refractivity contribution in [3.63, 3.8) is 0 Å². The third-order valence-corrected chi connectivity index (χ3v) is 11.6. The summed E-state index contributed by atoms with van der Waals surface area (Å²) >= 11 is 0. The molecule has 5 rings (SSSR count). The number of ether oxygens (including phenoxy) is 8. The summed E-state index contributed by atoms with van der Waals surface area (Å²) in [5.41, 5.74) is -0.0584. The van der Waals surface area contributed by atoms with E-state index in [2.05, 4.69) is 5.32 Å². The molecule has 1 aromatic rings. The molecule has 4 aliphatic rings. The van der Waals surface area contributed by atoms with E-state index in [4.69, 9.17) is 37.9 Å². The first-order valence-electron chi connectivity index (χ1n) is 20.1. The lowest BCUT2D eigenvalue weighted by Gasteiger charge is -2.51. The highest BCUT2D eigenvalue weighted by Crippen LogP contribution is 2.41. The highest BCUT2D eigenvalue weighted by atomic mass is 16.8. The van der Waals surface area contributed by atoms with Crippen molar-refractivity contribution in [3.8, 4) is 0 Å². The maximum Gasteiger partial charge on any atom is 0.364 e. The Labute approximate surface area is 354 Å². The molecular formula is C39H57NO22. The number of carbonyl (C=O) groups is 4. The number of carbonyl (C=O) groups excluding carboxylic acids is 3. The molecule has 3 saturated heterocycles. The van der Waals surface area contributed by atoms with Crippen molar-refractivity contribution in [1.82, 2.24) is 5.32 Å². The van der Waals surface area contributed by atoms with Gasteiger partial charge in [0, 0.05) is 13.3 Å². The number of amides is 1. The van der Waals surface area contributed by atoms with Gasteiger partial charge in [-0.15, -0.1) is 0 Å². The minimum Gasteiger partial charge on any atom is -0.477 e. The van der Waals surface area contributed by atoms with Crippen molar-refractivity contribution in [2.24, 2.45) is 11.8 Å². The average Bonchev–Trinajstić information content (AvgIpc) is 3.24. The number of aliphatic carboxylic acids is 1. The molecule has 62 heavy (non-hydrogen) atoms. The smallest absolute Gasteiger partial charge is 0.364 e. The fraction of sp³-hybridized carbons (Fsp3) is 0.744. The Kier molecular flexibility index (Phi) is 16.8. The van der Waals surface area contributed by atoms with Gasteiger partial charge in [0.1, 0.15) is 54.9 Å². The fourth-order valence-corrected chi connectivity index (χ4v) is 8.27. The van der Waals surface area contributed by atoms with Crippen LogP contribution in [0.5, 0.6) is 0 Å². The molecule has 2 unspecified atom stereocenters. The summed E-state index contributed by atoms with van der Waals surface area (Å²) in [6, 6.07) is 5.72. The second-order valence-corrected chi connectivity index (χ2v) is 16.0. The van der Waals surface area contributed by atoms with Gasteiger partial charge in [0.2, 0.25) is 5.91 Å². The van der Waals surface area contributed by atoms with Crippen molar-refractivity contribution < 1.29 is 108 Å². The number of hydrogen-bond donors (Lipinski definition) is 11. The van der Waals surface area contributed by atoms with Gasteiger partial charge in [-0.1, -0.05) is 25.1 Å². The molecule has 1 saturated carbocycles. The minimum absolute atomic E-state index is 0.0584. The Morgan fingerprint density at radius 1 is 0.871 bits per heavy atom. The van der Waals surface area contributed by atoms with Crippen LogP contribution in [0.3, 0.4) is 0 Å². The second kappa shape index (κ2) is 21.0. The highest BCUT2D eigenvalue weighted by molar-refractivity contribution is 5.89. The largest absolute Gasteiger partial charge is 0.477 e. The Morgan fingerprint density at radius 3 is 2.15 bits per heavy atom. The number of benzene rings is 1. The second-order valence-electron chi connectivity index (χ2n) is 16.0. The van der Waals surface area contributed by atoms with Gasteiger partial charge in [-0.25, -0.2) is 9.59 Å². The van der Waals surface area contributed by atoms with Gasteiger partial charge in [-0.2, -0.15) is 0 Å². The lowest BCUT2D eigenvalue weighted by atomic mass is 9.78. The van der Waals surface area contributed by atoms with E-state index in [0.29, 0.717) is 0 Å². The molecule has 0 radical (unpaired) electrons. The van der Waals surface area contributed by atoms with Crippen LogP contribution in [0.1, 0.15) is 50.4 Å². The Hall–Kier alpha value is -3.50. The molecule has 3 heterocycles. The van der Waals surface area contributed by atoms with Crippen molar-refractivity contribution in [1.29, 1.82) is 0 Å². The molecule has 0 bridgehead atoms. The number of aliphatic hydroxyl groups is 9. The zero-order valence-corrected chi connectivity index (χ0v) is 34.3. The van der Waals surface area contributed by atoms with Crippen molar-refractivity contribution >= 4 is 23.8 Å². The molecule has 4 fully saturated rings. The van der Waals surface area contributed by atoms with E-state index in [0.717, 1.165) is 6.92 Å². The summed E-state index contributed by atoms with van der Waals surface area (Å²) in [6.07, 6.45) is -29.1. The van der Waals surface area contributed by atoms with Gasteiger partial charge >= 0.3 is 17.9 Å². The highest BCUT2D eigenvalue weighted by Gasteiger charge is 2.61. The average molecular weight is 892 g/mol. The number of methoxy groups -OCH3 is 1. The van der Waals surface area contributed by atoms with Crippen LogP contribution in [0.25, 0.3) is 0 Å². The van der Waals surface area contributed by atoms with E-state index in [9.17, 15) is 70.2 Å². The van der Waals surface area contributed by atoms with E-state index < -0.39 is 165 Å². The number of nitrogens with one attached hydrogen (secondary N) is 1. The summed E-state index contributed by atoms with van der Waals surface area (Å²) < 4.78 is 47.0. The predicted octanol–water partition coefficient (Wildman–Crippen LogP) is -4.36. The predicted molar refractivity (Wildman–Crippen MR) is 201 cm³/mol. The van der Waals surface area contributed by atoms with Crippen LogP contribution in [0.4, 0.5) is 0 Å². The lowest BCUT2D eigenvalue weighted by molar-refractivity contribution is -0.378. The molecule has 1 aliphatic carbocycles. The third kappa shape index (κ3) is 10.7. The standard InChI is InChI=1S/C39H57NO22/c1-15-10-19(34(51)55-4)11-22(30(15)60-36-29(50)28(49)25(46)16(2)56-36)57-37-33(59-35(52)18-8-6-5-7-9-18)32(27(48)23(14-42)58-37)62-39(38(53)54)12-20(44)24(40-17(3)43)31(61-39)26(47)21(45)13-41/h5-9,15-16,19-33,36-37,41-42,44-50H,10-14H2,1-4H3,(H,40,43)(H,53,54)/t15-,16-,19+,20-,21+,22+,23+,24-,25+,26+,27-,28+,29-,30-,31?,32-,33+,36?,37+,39-/m0/s1. The van der Waals surface area contributed by atoms with E-state index in [1.54, 1.807) is 13.0 Å². The maximum absolute atomic E-state index is 13.8. The first-order valence-corrected chi connectivity index (χ1v) is 20.1. The zero-order chi connectivity index (χ0) is 45.8. The van der Waals surface area contributed by atoms with Crippen LogP contribution in [-0.4, -0.2) is 205 Å². The Balaban J connectivity index is 1.58. The van der Waals surface area contributed by atoms with Gasteiger partial charge in [0.15, 0.2) is 18.7 Å². The zero-order valence-electron chi connectivity index (χ0n) is 34.3. The minimum atomic E-state index is -3.11. The van der Waals surface area contributed by atoms with Gasteiger partial charge in [-0.05, 0) is 37.8 Å². The summed E-state index contributed by atoms with van der Waals surface area (Å²) in [5.74, 6) is -9.09. The van der Waals surface area contributed by atoms with Gasteiger partial charge < -0.3 is 94.3 Å². The first-order chi connectivity index (χ1) is 29.3. The fourth-order valence-electron chi connectivity index (χ4n) is 8.27. The number of rotatable bonds is 15. The van der Waals surface area contributed by atoms with Crippen LogP contribution < -0.4 is 5.32 Å². The Morgan fingerprint density at radius 2 is 1.55 bits per heavy atom. The van der Waals surface area contributed by atoms with Crippen LogP contribution >= 0.6 is 0 Å². The Bertz CT molecular complexity index is 1670. The van der Waals surface area contributed by atoms with Crippen LogP contribution in [0, 0.1) is 11.8 Å². The molecule has 20 atom stereocenters. The SMILES string of the molecule is COC(=O)[C@@H]1C[C@H](C)[C@H](OC2O[C@@H](C)[C@@H](O)[C@@H](O)[C@@H]2O)[C@H](O[C@@H]2O[C@H](CO)[C@H](O)[C@H](O[C@]3(C(=O)O)C[C@H](O)[C@H](NC(C)=O)C([C@H](O)[C@H](O)CO)O3)[C@H]2OC(=O)c2ccccc2)C1. The summed E-state index contributed by atoms with van der Waals surface area (Å²) in [4.78, 5) is 52.1. The number of aliphatic hydroxyl groups excluding tert-OH is 9. The molecule has 1 aromatic carbocycles. The van der Waals surface area contributed by atoms with Crippen molar-refractivity contribution in [2.75, 3.05) is 20.3 Å². The number of carboxylic acids is 1. The number of hydrogen-bond acceptors (Lipinski definition) is 21. The third-order valence-electron chi connectivity index (χ3n) is 11.6. The molecule has 23 heteroatoms. The molecule has 0 aromatic heterocycles. The van der Waals surface area contributed by atoms with Crippen molar-refractivity contribution in [2.45, 2.75) is 150 Å². The van der Waals surface area contributed by atoms with Gasteiger partial charge in [0.25, 0.3) is 5.79 Å². The molecule has 3 aliphatic heterocycles. The topological polar surface area (TPSA) is 356 Å².